The lowest BCUT2D eigenvalue weighted by Crippen LogP contribution is -2.42. The summed E-state index contributed by atoms with van der Waals surface area (Å²) < 4.78 is 0. The normalized spacial score (nSPS) is 16.0. The highest BCUT2D eigenvalue weighted by atomic mass is 16.3. The van der Waals surface area contributed by atoms with Crippen molar-refractivity contribution < 1.29 is 15.0 Å². The maximum atomic E-state index is 13.2. The lowest BCUT2D eigenvalue weighted by molar-refractivity contribution is -0.120. The molecule has 0 saturated heterocycles. The highest BCUT2D eigenvalue weighted by Crippen LogP contribution is 2.29. The Balaban J connectivity index is 1.70. The van der Waals surface area contributed by atoms with Crippen molar-refractivity contribution in [1.82, 2.24) is 4.98 Å². The second-order valence-electron chi connectivity index (χ2n) is 7.58. The van der Waals surface area contributed by atoms with Crippen LogP contribution in [0.3, 0.4) is 0 Å². The van der Waals surface area contributed by atoms with Crippen LogP contribution in [0.5, 0.6) is 11.5 Å². The predicted octanol–water partition coefficient (Wildman–Crippen LogP) is 4.43. The first kappa shape index (κ1) is 19.2. The first-order valence-corrected chi connectivity index (χ1v) is 9.78. The first-order valence-electron chi connectivity index (χ1n) is 9.78. The van der Waals surface area contributed by atoms with Gasteiger partial charge in [0.1, 0.15) is 5.82 Å². The van der Waals surface area contributed by atoms with Crippen LogP contribution in [0.1, 0.15) is 51.0 Å². The van der Waals surface area contributed by atoms with Gasteiger partial charge in [0.15, 0.2) is 11.5 Å². The number of benzene rings is 1. The molecule has 0 spiro atoms. The van der Waals surface area contributed by atoms with Crippen LogP contribution in [0.2, 0.25) is 0 Å². The molecular formula is C22H28N2O3. The summed E-state index contributed by atoms with van der Waals surface area (Å²) in [5.41, 5.74) is 0.910. The molecule has 1 saturated carbocycles. The molecule has 1 aromatic heterocycles. The number of hydrogen-bond acceptors (Lipinski definition) is 4. The molecule has 3 rings (SSSR count). The summed E-state index contributed by atoms with van der Waals surface area (Å²) in [4.78, 5) is 19.5. The maximum absolute atomic E-state index is 13.2. The third-order valence-electron chi connectivity index (χ3n) is 5.25. The number of carbonyl (C=O) groups is 1. The SMILES string of the molecule is CC(CC(=O)N(c1ccccn1)C1CCCCC1)Cc1ccc(O)c(O)c1. The molecular weight excluding hydrogens is 340 g/mol. The Morgan fingerprint density at radius 3 is 2.59 bits per heavy atom. The van der Waals surface area contributed by atoms with Gasteiger partial charge in [-0.1, -0.05) is 38.3 Å². The van der Waals surface area contributed by atoms with E-state index in [1.54, 1.807) is 18.3 Å². The molecule has 1 aliphatic rings. The van der Waals surface area contributed by atoms with Gasteiger partial charge in [-0.15, -0.1) is 0 Å². The molecule has 0 aliphatic heterocycles. The van der Waals surface area contributed by atoms with Crippen molar-refractivity contribution in [3.8, 4) is 11.5 Å². The molecule has 1 aliphatic carbocycles. The minimum absolute atomic E-state index is 0.108. The molecule has 5 nitrogen and oxygen atoms in total. The second kappa shape index (κ2) is 8.89. The quantitative estimate of drug-likeness (QED) is 0.740. The van der Waals surface area contributed by atoms with E-state index in [4.69, 9.17) is 0 Å². The lowest BCUT2D eigenvalue weighted by Gasteiger charge is -2.34. The second-order valence-corrected chi connectivity index (χ2v) is 7.58. The van der Waals surface area contributed by atoms with Gasteiger partial charge in [0.05, 0.1) is 0 Å². The van der Waals surface area contributed by atoms with E-state index in [0.717, 1.165) is 37.1 Å². The first-order chi connectivity index (χ1) is 13.0. The Hall–Kier alpha value is -2.56. The Bertz CT molecular complexity index is 757. The molecule has 2 N–H and O–H groups in total. The van der Waals surface area contributed by atoms with Crippen molar-refractivity contribution in [2.24, 2.45) is 5.92 Å². The molecule has 1 unspecified atom stereocenters. The minimum Gasteiger partial charge on any atom is -0.504 e. The summed E-state index contributed by atoms with van der Waals surface area (Å²) in [6.45, 7) is 2.04. The summed E-state index contributed by atoms with van der Waals surface area (Å²) in [5.74, 6) is 0.723. The van der Waals surface area contributed by atoms with Crippen LogP contribution in [0.4, 0.5) is 5.82 Å². The van der Waals surface area contributed by atoms with E-state index in [1.165, 1.54) is 12.5 Å². The standard InChI is InChI=1S/C22H28N2O3/c1-16(13-17-10-11-19(25)20(26)15-17)14-22(27)24(18-7-3-2-4-8-18)21-9-5-6-12-23-21/h5-6,9-12,15-16,18,25-26H,2-4,7-8,13-14H2,1H3. The third kappa shape index (κ3) is 5.00. The Morgan fingerprint density at radius 2 is 1.93 bits per heavy atom. The molecule has 144 valence electrons. The van der Waals surface area contributed by atoms with Crippen LogP contribution in [0, 0.1) is 5.92 Å². The summed E-state index contributed by atoms with van der Waals surface area (Å²) in [5, 5.41) is 19.1. The number of carbonyl (C=O) groups excluding carboxylic acids is 1. The number of phenolic OH excluding ortho intramolecular Hbond substituents is 2. The van der Waals surface area contributed by atoms with Crippen LogP contribution >= 0.6 is 0 Å². The zero-order chi connectivity index (χ0) is 19.2. The Morgan fingerprint density at radius 1 is 1.15 bits per heavy atom. The number of phenols is 2. The molecule has 1 aromatic carbocycles. The lowest BCUT2D eigenvalue weighted by atomic mass is 9.92. The van der Waals surface area contributed by atoms with E-state index in [2.05, 4.69) is 4.98 Å². The average Bonchev–Trinajstić information content (AvgIpc) is 2.66. The van der Waals surface area contributed by atoms with E-state index in [9.17, 15) is 15.0 Å². The maximum Gasteiger partial charge on any atom is 0.228 e. The number of hydrogen-bond donors (Lipinski definition) is 2. The average molecular weight is 368 g/mol. The number of aromatic nitrogens is 1. The van der Waals surface area contributed by atoms with Gasteiger partial charge in [0.2, 0.25) is 5.91 Å². The minimum atomic E-state index is -0.124. The fraction of sp³-hybridized carbons (Fsp3) is 0.455. The fourth-order valence-electron chi connectivity index (χ4n) is 3.92. The Labute approximate surface area is 160 Å². The van der Waals surface area contributed by atoms with Gasteiger partial charge in [-0.3, -0.25) is 9.69 Å². The molecule has 2 aromatic rings. The number of anilines is 1. The van der Waals surface area contributed by atoms with Crippen LogP contribution in [0.25, 0.3) is 0 Å². The van der Waals surface area contributed by atoms with Gasteiger partial charge in [-0.25, -0.2) is 4.98 Å². The molecule has 1 fully saturated rings. The third-order valence-corrected chi connectivity index (χ3v) is 5.25. The molecule has 0 bridgehead atoms. The van der Waals surface area contributed by atoms with Crippen LogP contribution in [-0.2, 0) is 11.2 Å². The molecule has 5 heteroatoms. The molecule has 27 heavy (non-hydrogen) atoms. The molecule has 0 radical (unpaired) electrons. The zero-order valence-electron chi connectivity index (χ0n) is 15.8. The van der Waals surface area contributed by atoms with Crippen LogP contribution < -0.4 is 4.90 Å². The molecule has 1 atom stereocenters. The van der Waals surface area contributed by atoms with E-state index in [1.807, 2.05) is 30.0 Å². The topological polar surface area (TPSA) is 73.7 Å². The van der Waals surface area contributed by atoms with E-state index in [0.29, 0.717) is 12.8 Å². The smallest absolute Gasteiger partial charge is 0.228 e. The monoisotopic (exact) mass is 368 g/mol. The van der Waals surface area contributed by atoms with Crippen LogP contribution in [0.15, 0.2) is 42.6 Å². The highest BCUT2D eigenvalue weighted by molar-refractivity contribution is 5.93. The van der Waals surface area contributed by atoms with Crippen molar-refractivity contribution in [1.29, 1.82) is 0 Å². The number of pyridine rings is 1. The van der Waals surface area contributed by atoms with E-state index < -0.39 is 0 Å². The van der Waals surface area contributed by atoms with Crippen molar-refractivity contribution in [3.63, 3.8) is 0 Å². The van der Waals surface area contributed by atoms with Crippen molar-refractivity contribution >= 4 is 11.7 Å². The van der Waals surface area contributed by atoms with E-state index >= 15 is 0 Å². The van der Waals surface area contributed by atoms with Gasteiger partial charge < -0.3 is 10.2 Å². The van der Waals surface area contributed by atoms with E-state index in [-0.39, 0.29) is 29.4 Å². The molecule has 1 heterocycles. The summed E-state index contributed by atoms with van der Waals surface area (Å²) in [7, 11) is 0. The zero-order valence-corrected chi connectivity index (χ0v) is 15.8. The summed E-state index contributed by atoms with van der Waals surface area (Å²) >= 11 is 0. The van der Waals surface area contributed by atoms with Gasteiger partial charge in [0.25, 0.3) is 0 Å². The van der Waals surface area contributed by atoms with Crippen molar-refractivity contribution in [2.75, 3.05) is 4.90 Å². The number of aromatic hydroxyl groups is 2. The van der Waals surface area contributed by atoms with Crippen molar-refractivity contribution in [3.05, 3.63) is 48.2 Å². The van der Waals surface area contributed by atoms with Gasteiger partial charge in [0, 0.05) is 18.7 Å². The summed E-state index contributed by atoms with van der Waals surface area (Å²) in [6, 6.07) is 10.8. The number of nitrogens with zero attached hydrogens (tertiary/aromatic N) is 2. The largest absolute Gasteiger partial charge is 0.504 e. The highest BCUT2D eigenvalue weighted by Gasteiger charge is 2.28. The number of amides is 1. The number of rotatable bonds is 6. The van der Waals surface area contributed by atoms with Gasteiger partial charge >= 0.3 is 0 Å². The molecule has 1 amide bonds. The van der Waals surface area contributed by atoms with Gasteiger partial charge in [-0.05, 0) is 55.0 Å². The predicted molar refractivity (Wildman–Crippen MR) is 106 cm³/mol. The van der Waals surface area contributed by atoms with Crippen molar-refractivity contribution in [2.45, 2.75) is 57.9 Å². The summed E-state index contributed by atoms with van der Waals surface area (Å²) in [6.07, 6.45) is 8.44. The van der Waals surface area contributed by atoms with Crippen LogP contribution in [-0.4, -0.2) is 27.1 Å². The fourth-order valence-corrected chi connectivity index (χ4v) is 3.92. The van der Waals surface area contributed by atoms with Gasteiger partial charge in [-0.2, -0.15) is 0 Å². The Kier molecular flexibility index (Phi) is 6.32.